The van der Waals surface area contributed by atoms with Crippen molar-refractivity contribution in [2.75, 3.05) is 7.05 Å². The Balaban J connectivity index is 0.00000162. The molecule has 0 heterocycles. The van der Waals surface area contributed by atoms with Gasteiger partial charge in [0.15, 0.2) is 0 Å². The number of hydrogen-bond acceptors (Lipinski definition) is 2. The molecule has 1 amide bonds. The van der Waals surface area contributed by atoms with Crippen LogP contribution in [0.5, 0.6) is 0 Å². The van der Waals surface area contributed by atoms with Crippen molar-refractivity contribution in [2.45, 2.75) is 24.9 Å². The molecule has 1 saturated carbocycles. The molecule has 0 bridgehead atoms. The molecule has 0 aromatic heterocycles. The molecule has 1 fully saturated rings. The number of hydrogen-bond donors (Lipinski definition) is 1. The summed E-state index contributed by atoms with van der Waals surface area (Å²) < 4.78 is 0. The van der Waals surface area contributed by atoms with Crippen LogP contribution in [0.1, 0.15) is 18.4 Å². The highest BCUT2D eigenvalue weighted by atomic mass is 35.5. The van der Waals surface area contributed by atoms with E-state index in [1.54, 1.807) is 24.1 Å². The molecule has 3 nitrogen and oxygen atoms in total. The molecule has 18 heavy (non-hydrogen) atoms. The van der Waals surface area contributed by atoms with Crippen molar-refractivity contribution in [3.8, 4) is 0 Å². The number of rotatable bonds is 3. The second kappa shape index (κ2) is 5.66. The smallest absolute Gasteiger partial charge is 0.242 e. The largest absolute Gasteiger partial charge is 0.340 e. The van der Waals surface area contributed by atoms with Crippen LogP contribution in [0.15, 0.2) is 18.2 Å². The van der Waals surface area contributed by atoms with Crippen LogP contribution in [-0.4, -0.2) is 23.4 Å². The number of amides is 1. The molecule has 0 radical (unpaired) electrons. The molecule has 100 valence electrons. The third-order valence-electron chi connectivity index (χ3n) is 2.97. The van der Waals surface area contributed by atoms with Crippen molar-refractivity contribution < 1.29 is 4.79 Å². The van der Waals surface area contributed by atoms with E-state index in [9.17, 15) is 4.79 Å². The SMILES string of the molecule is CN(Cc1ccc(Cl)c(Cl)c1)C(=O)C1(N)CC1.Cl. The first-order valence-corrected chi connectivity index (χ1v) is 6.16. The van der Waals surface area contributed by atoms with Gasteiger partial charge in [0.05, 0.1) is 15.6 Å². The quantitative estimate of drug-likeness (QED) is 0.933. The molecule has 0 atom stereocenters. The van der Waals surface area contributed by atoms with Gasteiger partial charge >= 0.3 is 0 Å². The van der Waals surface area contributed by atoms with Crippen LogP contribution < -0.4 is 5.73 Å². The summed E-state index contributed by atoms with van der Waals surface area (Å²) in [5.74, 6) is -0.0106. The van der Waals surface area contributed by atoms with Crippen molar-refractivity contribution in [1.29, 1.82) is 0 Å². The van der Waals surface area contributed by atoms with E-state index in [2.05, 4.69) is 0 Å². The lowest BCUT2D eigenvalue weighted by molar-refractivity contribution is -0.132. The minimum absolute atomic E-state index is 0. The predicted molar refractivity (Wildman–Crippen MR) is 76.3 cm³/mol. The minimum Gasteiger partial charge on any atom is -0.340 e. The van der Waals surface area contributed by atoms with Gasteiger partial charge in [0.2, 0.25) is 5.91 Å². The number of likely N-dealkylation sites (N-methyl/N-ethyl adjacent to an activating group) is 1. The van der Waals surface area contributed by atoms with Gasteiger partial charge in [0, 0.05) is 13.6 Å². The highest BCUT2D eigenvalue weighted by molar-refractivity contribution is 6.42. The average Bonchev–Trinajstić information content (AvgIpc) is 3.02. The van der Waals surface area contributed by atoms with Gasteiger partial charge in [-0.3, -0.25) is 4.79 Å². The first-order valence-electron chi connectivity index (χ1n) is 5.41. The summed E-state index contributed by atoms with van der Waals surface area (Å²) in [6.45, 7) is 0.495. The third-order valence-corrected chi connectivity index (χ3v) is 3.70. The Morgan fingerprint density at radius 3 is 2.50 bits per heavy atom. The molecular formula is C12H15Cl3N2O. The van der Waals surface area contributed by atoms with Gasteiger partial charge in [-0.2, -0.15) is 0 Å². The molecule has 0 aliphatic heterocycles. The van der Waals surface area contributed by atoms with E-state index in [4.69, 9.17) is 28.9 Å². The van der Waals surface area contributed by atoms with Crippen molar-refractivity contribution in [2.24, 2.45) is 5.73 Å². The summed E-state index contributed by atoms with van der Waals surface area (Å²) in [6, 6.07) is 5.35. The van der Waals surface area contributed by atoms with Crippen molar-refractivity contribution in [3.63, 3.8) is 0 Å². The van der Waals surface area contributed by atoms with Gasteiger partial charge < -0.3 is 10.6 Å². The Kier molecular flexibility index (Phi) is 4.90. The summed E-state index contributed by atoms with van der Waals surface area (Å²) >= 11 is 11.7. The van der Waals surface area contributed by atoms with E-state index in [0.29, 0.717) is 16.6 Å². The summed E-state index contributed by atoms with van der Waals surface area (Å²) in [6.07, 6.45) is 1.55. The van der Waals surface area contributed by atoms with Gasteiger partial charge in [0.25, 0.3) is 0 Å². The normalized spacial score (nSPS) is 15.8. The standard InChI is InChI=1S/C12H14Cl2N2O.ClH/c1-16(11(17)12(15)4-5-12)7-8-2-3-9(13)10(14)6-8;/h2-3,6H,4-5,7,15H2,1H3;1H. The molecule has 1 aromatic rings. The number of benzene rings is 1. The van der Waals surface area contributed by atoms with E-state index in [1.165, 1.54) is 0 Å². The van der Waals surface area contributed by atoms with E-state index < -0.39 is 5.54 Å². The molecule has 1 aromatic carbocycles. The van der Waals surface area contributed by atoms with Crippen LogP contribution >= 0.6 is 35.6 Å². The van der Waals surface area contributed by atoms with Gasteiger partial charge in [-0.25, -0.2) is 0 Å². The number of nitrogens with zero attached hydrogens (tertiary/aromatic N) is 1. The lowest BCUT2D eigenvalue weighted by Gasteiger charge is -2.21. The Hall–Kier alpha value is -0.480. The third kappa shape index (κ3) is 3.29. The highest BCUT2D eigenvalue weighted by Gasteiger charge is 2.47. The van der Waals surface area contributed by atoms with Gasteiger partial charge in [-0.1, -0.05) is 29.3 Å². The average molecular weight is 310 g/mol. The van der Waals surface area contributed by atoms with Crippen molar-refractivity contribution in [3.05, 3.63) is 33.8 Å². The number of nitrogens with two attached hydrogens (primary N) is 1. The van der Waals surface area contributed by atoms with Crippen LogP contribution in [0.2, 0.25) is 10.0 Å². The Bertz CT molecular complexity index is 461. The molecular weight excluding hydrogens is 295 g/mol. The van der Waals surface area contributed by atoms with Gasteiger partial charge in [-0.15, -0.1) is 12.4 Å². The Morgan fingerprint density at radius 2 is 2.00 bits per heavy atom. The summed E-state index contributed by atoms with van der Waals surface area (Å²) in [7, 11) is 1.75. The molecule has 0 saturated heterocycles. The van der Waals surface area contributed by atoms with Crippen LogP contribution in [0.4, 0.5) is 0 Å². The number of carbonyl (C=O) groups is 1. The second-order valence-electron chi connectivity index (χ2n) is 4.57. The van der Waals surface area contributed by atoms with E-state index in [0.717, 1.165) is 18.4 Å². The zero-order chi connectivity index (χ0) is 12.6. The number of carbonyl (C=O) groups excluding carboxylic acids is 1. The Labute approximate surface area is 123 Å². The highest BCUT2D eigenvalue weighted by Crippen LogP contribution is 2.34. The molecule has 2 rings (SSSR count). The summed E-state index contributed by atoms with van der Waals surface area (Å²) in [4.78, 5) is 13.6. The molecule has 0 unspecified atom stereocenters. The van der Waals surface area contributed by atoms with Crippen molar-refractivity contribution >= 4 is 41.5 Å². The monoisotopic (exact) mass is 308 g/mol. The zero-order valence-corrected chi connectivity index (χ0v) is 12.3. The molecule has 1 aliphatic rings. The van der Waals surface area contributed by atoms with Crippen molar-refractivity contribution in [1.82, 2.24) is 4.90 Å². The van der Waals surface area contributed by atoms with E-state index in [-0.39, 0.29) is 18.3 Å². The molecule has 6 heteroatoms. The van der Waals surface area contributed by atoms with Crippen LogP contribution in [0.25, 0.3) is 0 Å². The lowest BCUT2D eigenvalue weighted by Crippen LogP contribution is -2.43. The summed E-state index contributed by atoms with van der Waals surface area (Å²) in [5, 5.41) is 1.01. The zero-order valence-electron chi connectivity index (χ0n) is 9.95. The fourth-order valence-electron chi connectivity index (χ4n) is 1.71. The summed E-state index contributed by atoms with van der Waals surface area (Å²) in [5.41, 5.74) is 6.18. The Morgan fingerprint density at radius 1 is 1.39 bits per heavy atom. The first kappa shape index (κ1) is 15.6. The van der Waals surface area contributed by atoms with Crippen LogP contribution in [-0.2, 0) is 11.3 Å². The molecule has 1 aliphatic carbocycles. The van der Waals surface area contributed by atoms with E-state index in [1.807, 2.05) is 6.07 Å². The topological polar surface area (TPSA) is 46.3 Å². The van der Waals surface area contributed by atoms with E-state index >= 15 is 0 Å². The maximum absolute atomic E-state index is 11.9. The van der Waals surface area contributed by atoms with Gasteiger partial charge in [0.1, 0.15) is 0 Å². The van der Waals surface area contributed by atoms with Crippen LogP contribution in [0.3, 0.4) is 0 Å². The predicted octanol–water partition coefficient (Wildman–Crippen LogP) is 2.86. The first-order chi connectivity index (χ1) is 7.92. The fraction of sp³-hybridized carbons (Fsp3) is 0.417. The molecule has 2 N–H and O–H groups in total. The second-order valence-corrected chi connectivity index (χ2v) is 5.38. The lowest BCUT2D eigenvalue weighted by atomic mass is 10.2. The molecule has 0 spiro atoms. The minimum atomic E-state index is -0.620. The fourth-order valence-corrected chi connectivity index (χ4v) is 2.03. The van der Waals surface area contributed by atoms with Gasteiger partial charge in [-0.05, 0) is 30.5 Å². The maximum atomic E-state index is 11.9. The number of halogens is 3. The van der Waals surface area contributed by atoms with Crippen LogP contribution in [0, 0.1) is 0 Å². The maximum Gasteiger partial charge on any atom is 0.242 e.